The highest BCUT2D eigenvalue weighted by Crippen LogP contribution is 2.33. The fourth-order valence-electron chi connectivity index (χ4n) is 1.70. The van der Waals surface area contributed by atoms with Crippen LogP contribution in [-0.2, 0) is 4.74 Å². The highest BCUT2D eigenvalue weighted by Gasteiger charge is 2.28. The molecule has 0 unspecified atom stereocenters. The minimum atomic E-state index is -0.487. The van der Waals surface area contributed by atoms with Gasteiger partial charge in [0.1, 0.15) is 18.0 Å². The second kappa shape index (κ2) is 4.95. The van der Waals surface area contributed by atoms with Crippen LogP contribution in [0.15, 0.2) is 18.2 Å². The summed E-state index contributed by atoms with van der Waals surface area (Å²) in [5.41, 5.74) is 0.287. The molecule has 98 valence electrons. The van der Waals surface area contributed by atoms with Gasteiger partial charge < -0.3 is 9.47 Å². The Hall–Kier alpha value is -0.980. The quantitative estimate of drug-likeness (QED) is 0.665. The molecule has 0 aliphatic carbocycles. The van der Waals surface area contributed by atoms with Crippen molar-refractivity contribution in [2.24, 2.45) is 0 Å². The molecule has 0 radical (unpaired) electrons. The van der Waals surface area contributed by atoms with Crippen LogP contribution in [0.5, 0.6) is 5.75 Å². The Bertz CT molecular complexity index is 468. The SMILES string of the molecule is CC(C)(C)OC(=O)N1CCOc2cc(I)ccc21. The first-order chi connectivity index (χ1) is 8.37. The fourth-order valence-corrected chi connectivity index (χ4v) is 2.16. The third-order valence-corrected chi connectivity index (χ3v) is 3.07. The van der Waals surface area contributed by atoms with Crippen molar-refractivity contribution in [2.75, 3.05) is 18.1 Å². The van der Waals surface area contributed by atoms with Crippen LogP contribution in [0.3, 0.4) is 0 Å². The van der Waals surface area contributed by atoms with Crippen molar-refractivity contribution in [1.29, 1.82) is 0 Å². The molecule has 1 aromatic carbocycles. The number of rotatable bonds is 0. The number of carbonyl (C=O) groups excluding carboxylic acids is 1. The largest absolute Gasteiger partial charge is 0.489 e. The summed E-state index contributed by atoms with van der Waals surface area (Å²) in [6.45, 7) is 6.59. The molecule has 1 amide bonds. The maximum absolute atomic E-state index is 12.1. The van der Waals surface area contributed by atoms with Gasteiger partial charge in [-0.05, 0) is 61.6 Å². The molecule has 0 N–H and O–H groups in total. The summed E-state index contributed by atoms with van der Waals surface area (Å²) in [7, 11) is 0. The lowest BCUT2D eigenvalue weighted by Crippen LogP contribution is -2.41. The molecular formula is C13H16INO3. The van der Waals surface area contributed by atoms with Crippen molar-refractivity contribution in [3.8, 4) is 5.75 Å². The van der Waals surface area contributed by atoms with Crippen LogP contribution >= 0.6 is 22.6 Å². The number of hydrogen-bond donors (Lipinski definition) is 0. The average Bonchev–Trinajstić information content (AvgIpc) is 2.25. The Kier molecular flexibility index (Phi) is 3.70. The van der Waals surface area contributed by atoms with Crippen molar-refractivity contribution in [3.05, 3.63) is 21.8 Å². The summed E-state index contributed by atoms with van der Waals surface area (Å²) >= 11 is 2.22. The lowest BCUT2D eigenvalue weighted by Gasteiger charge is -2.31. The monoisotopic (exact) mass is 361 g/mol. The number of carbonyl (C=O) groups is 1. The molecule has 0 fully saturated rings. The van der Waals surface area contributed by atoms with E-state index in [4.69, 9.17) is 9.47 Å². The van der Waals surface area contributed by atoms with E-state index >= 15 is 0 Å². The van der Waals surface area contributed by atoms with Gasteiger partial charge in [0, 0.05) is 3.57 Å². The summed E-state index contributed by atoms with van der Waals surface area (Å²) in [4.78, 5) is 13.7. The van der Waals surface area contributed by atoms with Gasteiger partial charge >= 0.3 is 6.09 Å². The van der Waals surface area contributed by atoms with E-state index in [2.05, 4.69) is 22.6 Å². The topological polar surface area (TPSA) is 38.8 Å². The highest BCUT2D eigenvalue weighted by atomic mass is 127. The normalized spacial score (nSPS) is 14.8. The second-order valence-electron chi connectivity index (χ2n) is 5.09. The predicted molar refractivity (Wildman–Crippen MR) is 78.2 cm³/mol. The lowest BCUT2D eigenvalue weighted by atomic mass is 10.2. The van der Waals surface area contributed by atoms with Crippen LogP contribution in [0.2, 0.25) is 0 Å². The minimum absolute atomic E-state index is 0.326. The Labute approximate surface area is 120 Å². The number of benzene rings is 1. The van der Waals surface area contributed by atoms with E-state index < -0.39 is 5.60 Å². The van der Waals surface area contributed by atoms with Crippen molar-refractivity contribution >= 4 is 34.4 Å². The Balaban J connectivity index is 2.25. The zero-order valence-electron chi connectivity index (χ0n) is 10.7. The summed E-state index contributed by atoms with van der Waals surface area (Å²) in [5, 5.41) is 0. The molecule has 2 rings (SSSR count). The summed E-state index contributed by atoms with van der Waals surface area (Å²) < 4.78 is 12.0. The molecule has 0 saturated carbocycles. The maximum atomic E-state index is 12.1. The highest BCUT2D eigenvalue weighted by molar-refractivity contribution is 14.1. The average molecular weight is 361 g/mol. The first-order valence-corrected chi connectivity index (χ1v) is 6.87. The van der Waals surface area contributed by atoms with E-state index in [1.807, 2.05) is 39.0 Å². The van der Waals surface area contributed by atoms with E-state index in [1.165, 1.54) is 0 Å². The number of fused-ring (bicyclic) bond motifs is 1. The van der Waals surface area contributed by atoms with Gasteiger partial charge in [0.2, 0.25) is 0 Å². The maximum Gasteiger partial charge on any atom is 0.415 e. The van der Waals surface area contributed by atoms with Gasteiger partial charge in [-0.25, -0.2) is 4.79 Å². The molecule has 18 heavy (non-hydrogen) atoms. The summed E-state index contributed by atoms with van der Waals surface area (Å²) in [6, 6.07) is 5.76. The molecular weight excluding hydrogens is 345 g/mol. The first-order valence-electron chi connectivity index (χ1n) is 5.80. The molecule has 1 heterocycles. The first kappa shape index (κ1) is 13.5. The van der Waals surface area contributed by atoms with Crippen LogP contribution < -0.4 is 9.64 Å². The Morgan fingerprint density at radius 3 is 2.83 bits per heavy atom. The van der Waals surface area contributed by atoms with E-state index in [0.29, 0.717) is 13.2 Å². The molecule has 0 bridgehead atoms. The standard InChI is InChI=1S/C13H16INO3/c1-13(2,3)18-12(16)15-6-7-17-11-8-9(14)4-5-10(11)15/h4-5,8H,6-7H2,1-3H3. The molecule has 0 spiro atoms. The molecule has 1 aliphatic heterocycles. The minimum Gasteiger partial charge on any atom is -0.489 e. The van der Waals surface area contributed by atoms with Gasteiger partial charge in [0.15, 0.2) is 0 Å². The molecule has 0 aromatic heterocycles. The van der Waals surface area contributed by atoms with Crippen LogP contribution in [0.25, 0.3) is 0 Å². The van der Waals surface area contributed by atoms with Crippen molar-refractivity contribution in [1.82, 2.24) is 0 Å². The fraction of sp³-hybridized carbons (Fsp3) is 0.462. The van der Waals surface area contributed by atoms with Crippen molar-refractivity contribution < 1.29 is 14.3 Å². The van der Waals surface area contributed by atoms with E-state index in [0.717, 1.165) is 15.0 Å². The van der Waals surface area contributed by atoms with Crippen LogP contribution in [0, 0.1) is 3.57 Å². The number of anilines is 1. The van der Waals surface area contributed by atoms with E-state index in [1.54, 1.807) is 4.90 Å². The second-order valence-corrected chi connectivity index (χ2v) is 6.34. The number of amides is 1. The molecule has 1 aromatic rings. The van der Waals surface area contributed by atoms with Gasteiger partial charge in [-0.2, -0.15) is 0 Å². The predicted octanol–water partition coefficient (Wildman–Crippen LogP) is 3.43. The van der Waals surface area contributed by atoms with Crippen LogP contribution in [-0.4, -0.2) is 24.8 Å². The number of hydrogen-bond acceptors (Lipinski definition) is 3. The summed E-state index contributed by atoms with van der Waals surface area (Å²) in [5.74, 6) is 0.735. The van der Waals surface area contributed by atoms with E-state index in [-0.39, 0.29) is 6.09 Å². The molecule has 5 heteroatoms. The number of ether oxygens (including phenoxy) is 2. The lowest BCUT2D eigenvalue weighted by molar-refractivity contribution is 0.0568. The van der Waals surface area contributed by atoms with Gasteiger partial charge in [-0.3, -0.25) is 4.90 Å². The summed E-state index contributed by atoms with van der Waals surface area (Å²) in [6.07, 6.45) is -0.326. The van der Waals surface area contributed by atoms with Gasteiger partial charge in [-0.1, -0.05) is 0 Å². The zero-order chi connectivity index (χ0) is 13.3. The van der Waals surface area contributed by atoms with Crippen molar-refractivity contribution in [2.45, 2.75) is 26.4 Å². The molecule has 0 saturated heterocycles. The third kappa shape index (κ3) is 3.07. The zero-order valence-corrected chi connectivity index (χ0v) is 12.9. The van der Waals surface area contributed by atoms with Crippen LogP contribution in [0.4, 0.5) is 10.5 Å². The number of halogens is 1. The third-order valence-electron chi connectivity index (χ3n) is 2.40. The van der Waals surface area contributed by atoms with E-state index in [9.17, 15) is 4.79 Å². The Morgan fingerprint density at radius 2 is 2.17 bits per heavy atom. The van der Waals surface area contributed by atoms with Crippen molar-refractivity contribution in [3.63, 3.8) is 0 Å². The molecule has 4 nitrogen and oxygen atoms in total. The molecule has 1 aliphatic rings. The van der Waals surface area contributed by atoms with Gasteiger partial charge in [-0.15, -0.1) is 0 Å². The molecule has 0 atom stereocenters. The van der Waals surface area contributed by atoms with Crippen LogP contribution in [0.1, 0.15) is 20.8 Å². The van der Waals surface area contributed by atoms with Gasteiger partial charge in [0.05, 0.1) is 12.2 Å². The smallest absolute Gasteiger partial charge is 0.415 e. The van der Waals surface area contributed by atoms with Gasteiger partial charge in [0.25, 0.3) is 0 Å². The Morgan fingerprint density at radius 1 is 1.44 bits per heavy atom. The number of nitrogens with zero attached hydrogens (tertiary/aromatic N) is 1.